The Hall–Kier alpha value is -1.41. The summed E-state index contributed by atoms with van der Waals surface area (Å²) in [5.74, 6) is 0.0648. The fourth-order valence-electron chi connectivity index (χ4n) is 3.86. The first-order valence-corrected chi connectivity index (χ1v) is 12.5. The highest BCUT2D eigenvalue weighted by Crippen LogP contribution is 2.39. The van der Waals surface area contributed by atoms with Gasteiger partial charge in [0, 0.05) is 21.6 Å². The van der Waals surface area contributed by atoms with E-state index < -0.39 is 5.82 Å². The summed E-state index contributed by atoms with van der Waals surface area (Å²) in [7, 11) is 0. The van der Waals surface area contributed by atoms with E-state index in [1.165, 1.54) is 24.2 Å². The van der Waals surface area contributed by atoms with Gasteiger partial charge < -0.3 is 4.74 Å². The van der Waals surface area contributed by atoms with Crippen LogP contribution in [0, 0.1) is 5.82 Å². The predicted molar refractivity (Wildman–Crippen MR) is 132 cm³/mol. The molecule has 0 N–H and O–H groups in total. The first kappa shape index (κ1) is 22.8. The van der Waals surface area contributed by atoms with Crippen LogP contribution in [-0.4, -0.2) is 21.2 Å². The average Bonchev–Trinajstić information content (AvgIpc) is 3.02. The number of amides is 1. The molecular formula is C23H20BrClFNO2S2. The molecule has 162 valence electrons. The molecule has 0 aromatic heterocycles. The molecule has 3 nitrogen and oxygen atoms in total. The van der Waals surface area contributed by atoms with Crippen LogP contribution in [0.2, 0.25) is 5.02 Å². The van der Waals surface area contributed by atoms with Gasteiger partial charge in [-0.3, -0.25) is 9.69 Å². The molecule has 1 saturated carbocycles. The lowest BCUT2D eigenvalue weighted by Crippen LogP contribution is -2.39. The number of thioether (sulfide) groups is 1. The van der Waals surface area contributed by atoms with E-state index in [0.717, 1.165) is 30.2 Å². The van der Waals surface area contributed by atoms with Crippen LogP contribution in [-0.2, 0) is 11.4 Å². The van der Waals surface area contributed by atoms with Gasteiger partial charge in [-0.2, -0.15) is 0 Å². The van der Waals surface area contributed by atoms with Crippen LogP contribution in [0.5, 0.6) is 5.75 Å². The Bertz CT molecular complexity index is 1040. The third kappa shape index (κ3) is 5.16. The fraction of sp³-hybridized carbons (Fsp3) is 0.304. The van der Waals surface area contributed by atoms with Gasteiger partial charge in [-0.15, -0.1) is 0 Å². The lowest BCUT2D eigenvalue weighted by Gasteiger charge is -2.29. The van der Waals surface area contributed by atoms with Gasteiger partial charge >= 0.3 is 0 Å². The maximum Gasteiger partial charge on any atom is 0.266 e. The second kappa shape index (κ2) is 10.0. The highest BCUT2D eigenvalue weighted by atomic mass is 79.9. The zero-order valence-electron chi connectivity index (χ0n) is 16.6. The number of thiocarbonyl (C=S) groups is 1. The minimum Gasteiger partial charge on any atom is -0.488 e. The quantitative estimate of drug-likeness (QED) is 0.293. The van der Waals surface area contributed by atoms with Crippen molar-refractivity contribution in [1.82, 2.24) is 4.90 Å². The molecule has 2 fully saturated rings. The van der Waals surface area contributed by atoms with Gasteiger partial charge in [-0.05, 0) is 49.2 Å². The fourth-order valence-corrected chi connectivity index (χ4v) is 5.85. The molecule has 1 amide bonds. The van der Waals surface area contributed by atoms with Crippen molar-refractivity contribution in [1.29, 1.82) is 0 Å². The second-order valence-corrected chi connectivity index (χ2v) is 10.5. The lowest BCUT2D eigenvalue weighted by atomic mass is 9.94. The van der Waals surface area contributed by atoms with E-state index in [1.807, 2.05) is 12.1 Å². The Kier molecular flexibility index (Phi) is 7.37. The van der Waals surface area contributed by atoms with E-state index in [4.69, 9.17) is 28.6 Å². The number of ether oxygens (including phenoxy) is 1. The summed E-state index contributed by atoms with van der Waals surface area (Å²) in [6.07, 6.45) is 7.26. The molecule has 31 heavy (non-hydrogen) atoms. The Morgan fingerprint density at radius 3 is 2.77 bits per heavy atom. The summed E-state index contributed by atoms with van der Waals surface area (Å²) in [5, 5.41) is 0.312. The number of hydrogen-bond acceptors (Lipinski definition) is 4. The zero-order valence-corrected chi connectivity index (χ0v) is 20.6. The normalized spacial score (nSPS) is 18.8. The molecule has 2 aliphatic rings. The van der Waals surface area contributed by atoms with Crippen molar-refractivity contribution in [3.05, 3.63) is 67.7 Å². The van der Waals surface area contributed by atoms with Crippen LogP contribution < -0.4 is 4.74 Å². The van der Waals surface area contributed by atoms with E-state index >= 15 is 0 Å². The molecule has 0 bridgehead atoms. The summed E-state index contributed by atoms with van der Waals surface area (Å²) in [6, 6.07) is 10.2. The summed E-state index contributed by atoms with van der Waals surface area (Å²) >= 11 is 16.4. The van der Waals surface area contributed by atoms with Gasteiger partial charge in [0.25, 0.3) is 5.91 Å². The Balaban J connectivity index is 1.58. The summed E-state index contributed by atoms with van der Waals surface area (Å²) < 4.78 is 21.5. The van der Waals surface area contributed by atoms with Gasteiger partial charge in [0.2, 0.25) is 0 Å². The van der Waals surface area contributed by atoms with E-state index in [-0.39, 0.29) is 18.6 Å². The zero-order chi connectivity index (χ0) is 22.0. The van der Waals surface area contributed by atoms with Crippen molar-refractivity contribution < 1.29 is 13.9 Å². The Morgan fingerprint density at radius 2 is 2.03 bits per heavy atom. The molecule has 1 aliphatic heterocycles. The van der Waals surface area contributed by atoms with E-state index in [1.54, 1.807) is 29.2 Å². The molecule has 2 aromatic carbocycles. The summed E-state index contributed by atoms with van der Waals surface area (Å²) in [4.78, 5) is 15.5. The van der Waals surface area contributed by atoms with Gasteiger partial charge in [0.1, 0.15) is 22.5 Å². The van der Waals surface area contributed by atoms with Gasteiger partial charge in [0.15, 0.2) is 0 Å². The molecule has 1 saturated heterocycles. The molecule has 4 rings (SSSR count). The van der Waals surface area contributed by atoms with Gasteiger partial charge in [-0.1, -0.05) is 76.8 Å². The molecule has 0 spiro atoms. The number of carbonyl (C=O) groups excluding carboxylic acids is 1. The number of halogens is 3. The van der Waals surface area contributed by atoms with Crippen LogP contribution >= 0.6 is 51.5 Å². The molecule has 2 aromatic rings. The minimum atomic E-state index is -0.417. The number of benzene rings is 2. The van der Waals surface area contributed by atoms with E-state index in [2.05, 4.69) is 15.9 Å². The van der Waals surface area contributed by atoms with Crippen molar-refractivity contribution in [2.45, 2.75) is 44.8 Å². The summed E-state index contributed by atoms with van der Waals surface area (Å²) in [5.41, 5.74) is 1.01. The molecular weight excluding hydrogens is 521 g/mol. The SMILES string of the molecule is O=C1/C(=C\c2cc(Br)ccc2OCc2c(F)cccc2Cl)SC(=S)N1C1CCCCC1. The standard InChI is InChI=1S/C23H20BrClFNO2S2/c24-15-9-10-20(29-13-17-18(25)7-4-8-19(17)26)14(11-15)12-21-22(28)27(23(30)31-21)16-5-2-1-3-6-16/h4,7-12,16H,1-3,5-6,13H2/b21-12+. The van der Waals surface area contributed by atoms with E-state index in [9.17, 15) is 9.18 Å². The molecule has 8 heteroatoms. The van der Waals surface area contributed by atoms with Crippen LogP contribution in [0.15, 0.2) is 45.8 Å². The first-order valence-electron chi connectivity index (χ1n) is 10.1. The molecule has 0 radical (unpaired) electrons. The molecule has 0 unspecified atom stereocenters. The lowest BCUT2D eigenvalue weighted by molar-refractivity contribution is -0.124. The maximum atomic E-state index is 14.1. The Labute approximate surface area is 204 Å². The second-order valence-electron chi connectivity index (χ2n) is 7.51. The third-order valence-corrected chi connectivity index (χ3v) is 7.63. The monoisotopic (exact) mass is 539 g/mol. The van der Waals surface area contributed by atoms with Crippen molar-refractivity contribution in [3.8, 4) is 5.75 Å². The van der Waals surface area contributed by atoms with Crippen LogP contribution in [0.1, 0.15) is 43.2 Å². The smallest absolute Gasteiger partial charge is 0.266 e. The average molecular weight is 541 g/mol. The predicted octanol–water partition coefficient (Wildman–Crippen LogP) is 7.35. The number of nitrogens with zero attached hydrogens (tertiary/aromatic N) is 1. The van der Waals surface area contributed by atoms with Crippen molar-refractivity contribution in [2.24, 2.45) is 0 Å². The van der Waals surface area contributed by atoms with Crippen LogP contribution in [0.4, 0.5) is 4.39 Å². The third-order valence-electron chi connectivity index (χ3n) is 5.46. The number of hydrogen-bond donors (Lipinski definition) is 0. The van der Waals surface area contributed by atoms with Crippen molar-refractivity contribution in [2.75, 3.05) is 0 Å². The minimum absolute atomic E-state index is 0.0169. The van der Waals surface area contributed by atoms with Crippen molar-refractivity contribution >= 4 is 67.8 Å². The number of carbonyl (C=O) groups is 1. The highest BCUT2D eigenvalue weighted by Gasteiger charge is 2.37. The van der Waals surface area contributed by atoms with E-state index in [0.29, 0.717) is 31.1 Å². The van der Waals surface area contributed by atoms with Gasteiger partial charge in [0.05, 0.1) is 9.93 Å². The molecule has 0 atom stereocenters. The van der Waals surface area contributed by atoms with Crippen LogP contribution in [0.3, 0.4) is 0 Å². The highest BCUT2D eigenvalue weighted by molar-refractivity contribution is 9.10. The van der Waals surface area contributed by atoms with Crippen molar-refractivity contribution in [3.63, 3.8) is 0 Å². The Morgan fingerprint density at radius 1 is 1.26 bits per heavy atom. The largest absolute Gasteiger partial charge is 0.488 e. The van der Waals surface area contributed by atoms with Crippen LogP contribution in [0.25, 0.3) is 6.08 Å². The summed E-state index contributed by atoms with van der Waals surface area (Å²) in [6.45, 7) is -0.0169. The number of rotatable bonds is 5. The van der Waals surface area contributed by atoms with Gasteiger partial charge in [-0.25, -0.2) is 4.39 Å². The molecule has 1 aliphatic carbocycles. The maximum absolute atomic E-state index is 14.1. The first-order chi connectivity index (χ1) is 14.9. The topological polar surface area (TPSA) is 29.5 Å². The molecule has 1 heterocycles.